The van der Waals surface area contributed by atoms with Crippen molar-refractivity contribution in [2.75, 3.05) is 13.3 Å². The maximum Gasteiger partial charge on any atom is 0.178 e. The first-order chi connectivity index (χ1) is 8.02. The normalized spacial score (nSPS) is 26.0. The lowest BCUT2D eigenvalue weighted by atomic mass is 9.90. The molecule has 6 heteroatoms. The number of aromatic nitrogens is 2. The lowest BCUT2D eigenvalue weighted by Gasteiger charge is -2.31. The SMILES string of the molecule is CNC1CCCCC1n1cc(S(C)(=O)=O)cn1. The van der Waals surface area contributed by atoms with Crippen LogP contribution in [0.2, 0.25) is 0 Å². The van der Waals surface area contributed by atoms with Crippen molar-refractivity contribution in [2.45, 2.75) is 42.7 Å². The molecule has 0 spiro atoms. The fourth-order valence-corrected chi connectivity index (χ4v) is 3.00. The lowest BCUT2D eigenvalue weighted by molar-refractivity contribution is 0.257. The molecule has 1 saturated carbocycles. The molecule has 2 atom stereocenters. The van der Waals surface area contributed by atoms with Crippen LogP contribution in [0.4, 0.5) is 0 Å². The van der Waals surface area contributed by atoms with E-state index in [9.17, 15) is 8.42 Å². The van der Waals surface area contributed by atoms with E-state index in [0.29, 0.717) is 10.9 Å². The number of rotatable bonds is 3. The van der Waals surface area contributed by atoms with Crippen molar-refractivity contribution >= 4 is 9.84 Å². The van der Waals surface area contributed by atoms with E-state index in [0.717, 1.165) is 12.8 Å². The van der Waals surface area contributed by atoms with Crippen molar-refractivity contribution in [1.29, 1.82) is 0 Å². The summed E-state index contributed by atoms with van der Waals surface area (Å²) in [6.45, 7) is 0. The second kappa shape index (κ2) is 4.78. The molecule has 0 amide bonds. The Morgan fingerprint density at radius 2 is 2.12 bits per heavy atom. The second-order valence-electron chi connectivity index (χ2n) is 4.68. The zero-order valence-electron chi connectivity index (χ0n) is 10.3. The molecule has 5 nitrogen and oxygen atoms in total. The van der Waals surface area contributed by atoms with E-state index in [4.69, 9.17) is 0 Å². The smallest absolute Gasteiger partial charge is 0.178 e. The Bertz CT molecular complexity index is 481. The van der Waals surface area contributed by atoms with Gasteiger partial charge in [0, 0.05) is 18.5 Å². The first-order valence-corrected chi connectivity index (χ1v) is 7.83. The van der Waals surface area contributed by atoms with Crippen LogP contribution >= 0.6 is 0 Å². The molecule has 17 heavy (non-hydrogen) atoms. The number of hydrogen-bond donors (Lipinski definition) is 1. The van der Waals surface area contributed by atoms with Crippen molar-refractivity contribution < 1.29 is 8.42 Å². The summed E-state index contributed by atoms with van der Waals surface area (Å²) in [6, 6.07) is 0.653. The van der Waals surface area contributed by atoms with Gasteiger partial charge >= 0.3 is 0 Å². The summed E-state index contributed by atoms with van der Waals surface area (Å²) in [5.41, 5.74) is 0. The highest BCUT2D eigenvalue weighted by atomic mass is 32.2. The first-order valence-electron chi connectivity index (χ1n) is 5.94. The summed E-state index contributed by atoms with van der Waals surface area (Å²) in [6.07, 6.45) is 8.88. The van der Waals surface area contributed by atoms with Crippen LogP contribution in [0.25, 0.3) is 0 Å². The van der Waals surface area contributed by atoms with Crippen LogP contribution in [0.3, 0.4) is 0 Å². The minimum absolute atomic E-state index is 0.268. The van der Waals surface area contributed by atoms with E-state index in [1.807, 2.05) is 7.05 Å². The average Bonchev–Trinajstić information content (AvgIpc) is 2.77. The predicted molar refractivity (Wildman–Crippen MR) is 65.7 cm³/mol. The molecule has 1 aromatic heterocycles. The van der Waals surface area contributed by atoms with Gasteiger partial charge in [-0.1, -0.05) is 12.8 Å². The molecule has 0 bridgehead atoms. The molecule has 1 aromatic rings. The van der Waals surface area contributed by atoms with E-state index < -0.39 is 9.84 Å². The molecule has 1 aliphatic carbocycles. The van der Waals surface area contributed by atoms with Crippen molar-refractivity contribution in [3.63, 3.8) is 0 Å². The van der Waals surface area contributed by atoms with Crippen LogP contribution in [-0.4, -0.2) is 37.5 Å². The molecule has 96 valence electrons. The Hall–Kier alpha value is -0.880. The van der Waals surface area contributed by atoms with E-state index in [2.05, 4.69) is 10.4 Å². The maximum atomic E-state index is 11.4. The average molecular weight is 257 g/mol. The molecule has 1 aliphatic rings. The largest absolute Gasteiger partial charge is 0.315 e. The fourth-order valence-electron chi connectivity index (χ4n) is 2.46. The van der Waals surface area contributed by atoms with E-state index in [1.165, 1.54) is 25.3 Å². The molecule has 0 aliphatic heterocycles. The van der Waals surface area contributed by atoms with Gasteiger partial charge in [-0.3, -0.25) is 4.68 Å². The van der Waals surface area contributed by atoms with Gasteiger partial charge in [0.2, 0.25) is 0 Å². The zero-order valence-corrected chi connectivity index (χ0v) is 11.1. The molecule has 1 heterocycles. The number of nitrogens with one attached hydrogen (secondary N) is 1. The summed E-state index contributed by atoms with van der Waals surface area (Å²) >= 11 is 0. The topological polar surface area (TPSA) is 64.0 Å². The van der Waals surface area contributed by atoms with Crippen LogP contribution in [0, 0.1) is 0 Å². The summed E-state index contributed by atoms with van der Waals surface area (Å²) in [5, 5.41) is 7.49. The Labute approximate surface area is 102 Å². The van der Waals surface area contributed by atoms with Gasteiger partial charge in [0.05, 0.1) is 12.2 Å². The van der Waals surface area contributed by atoms with E-state index in [-0.39, 0.29) is 6.04 Å². The maximum absolute atomic E-state index is 11.4. The van der Waals surface area contributed by atoms with Gasteiger partial charge in [-0.2, -0.15) is 5.10 Å². The molecule has 2 rings (SSSR count). The number of likely N-dealkylation sites (N-methyl/N-ethyl adjacent to an activating group) is 1. The monoisotopic (exact) mass is 257 g/mol. The Morgan fingerprint density at radius 3 is 2.71 bits per heavy atom. The number of nitrogens with zero attached hydrogens (tertiary/aromatic N) is 2. The van der Waals surface area contributed by atoms with Gasteiger partial charge in [-0.05, 0) is 19.9 Å². The molecular formula is C11H19N3O2S. The van der Waals surface area contributed by atoms with E-state index >= 15 is 0 Å². The summed E-state index contributed by atoms with van der Waals surface area (Å²) in [4.78, 5) is 0.304. The third kappa shape index (κ3) is 2.69. The predicted octanol–water partition coefficient (Wildman–Crippen LogP) is 0.990. The molecule has 0 saturated heterocycles. The first kappa shape index (κ1) is 12.6. The molecule has 1 fully saturated rings. The van der Waals surface area contributed by atoms with Crippen molar-refractivity contribution in [3.05, 3.63) is 12.4 Å². The highest BCUT2D eigenvalue weighted by molar-refractivity contribution is 7.90. The Kier molecular flexibility index (Phi) is 3.53. The van der Waals surface area contributed by atoms with Crippen LogP contribution in [0.15, 0.2) is 17.3 Å². The molecule has 0 radical (unpaired) electrons. The molecular weight excluding hydrogens is 238 g/mol. The number of hydrogen-bond acceptors (Lipinski definition) is 4. The lowest BCUT2D eigenvalue weighted by Crippen LogP contribution is -2.37. The minimum atomic E-state index is -3.15. The fraction of sp³-hybridized carbons (Fsp3) is 0.727. The summed E-state index contributed by atoms with van der Waals surface area (Å²) < 4.78 is 24.6. The van der Waals surface area contributed by atoms with Crippen LogP contribution in [0.5, 0.6) is 0 Å². The zero-order chi connectivity index (χ0) is 12.5. The minimum Gasteiger partial charge on any atom is -0.315 e. The highest BCUT2D eigenvalue weighted by Gasteiger charge is 2.26. The van der Waals surface area contributed by atoms with Crippen molar-refractivity contribution in [3.8, 4) is 0 Å². The Balaban J connectivity index is 2.24. The van der Waals surface area contributed by atoms with Crippen molar-refractivity contribution in [2.24, 2.45) is 0 Å². The van der Waals surface area contributed by atoms with Gasteiger partial charge in [0.1, 0.15) is 4.90 Å². The Morgan fingerprint density at radius 1 is 1.41 bits per heavy atom. The van der Waals surface area contributed by atoms with Gasteiger partial charge < -0.3 is 5.32 Å². The third-order valence-corrected chi connectivity index (χ3v) is 4.51. The quantitative estimate of drug-likeness (QED) is 0.877. The molecule has 1 N–H and O–H groups in total. The van der Waals surface area contributed by atoms with E-state index in [1.54, 1.807) is 10.9 Å². The van der Waals surface area contributed by atoms with Gasteiger partial charge in [0.25, 0.3) is 0 Å². The standard InChI is InChI=1S/C11H19N3O2S/c1-12-10-5-3-4-6-11(10)14-8-9(7-13-14)17(2,15)16/h7-8,10-12H,3-6H2,1-2H3. The number of sulfone groups is 1. The second-order valence-corrected chi connectivity index (χ2v) is 6.69. The summed E-state index contributed by atoms with van der Waals surface area (Å²) in [5.74, 6) is 0. The van der Waals surface area contributed by atoms with Crippen LogP contribution in [-0.2, 0) is 9.84 Å². The molecule has 2 unspecified atom stereocenters. The van der Waals surface area contributed by atoms with Gasteiger partial charge in [-0.25, -0.2) is 8.42 Å². The third-order valence-electron chi connectivity index (χ3n) is 3.45. The summed E-state index contributed by atoms with van der Waals surface area (Å²) in [7, 11) is -1.20. The highest BCUT2D eigenvalue weighted by Crippen LogP contribution is 2.28. The van der Waals surface area contributed by atoms with Crippen LogP contribution < -0.4 is 5.32 Å². The van der Waals surface area contributed by atoms with Crippen LogP contribution in [0.1, 0.15) is 31.7 Å². The molecule has 0 aromatic carbocycles. The van der Waals surface area contributed by atoms with Crippen molar-refractivity contribution in [1.82, 2.24) is 15.1 Å². The van der Waals surface area contributed by atoms with Gasteiger partial charge in [0.15, 0.2) is 9.84 Å². The van der Waals surface area contributed by atoms with Gasteiger partial charge in [-0.15, -0.1) is 0 Å².